The van der Waals surface area contributed by atoms with Crippen LogP contribution in [-0.4, -0.2) is 17.6 Å². The molecule has 1 unspecified atom stereocenters. The number of nitrogens with one attached hydrogen (secondary N) is 1. The van der Waals surface area contributed by atoms with Crippen molar-refractivity contribution in [2.24, 2.45) is 0 Å². The number of rotatable bonds is 4. The van der Waals surface area contributed by atoms with Gasteiger partial charge in [-0.3, -0.25) is 4.79 Å². The number of aryl methyl sites for hydroxylation is 1. The van der Waals surface area contributed by atoms with E-state index >= 15 is 0 Å². The summed E-state index contributed by atoms with van der Waals surface area (Å²) >= 11 is 1.53. The lowest BCUT2D eigenvalue weighted by Crippen LogP contribution is -2.28. The fraction of sp³-hybridized carbons (Fsp3) is 0.214. The Bertz CT molecular complexity index is 505. The molecule has 1 amide bonds. The lowest BCUT2D eigenvalue weighted by molar-refractivity contribution is 0.0916. The third-order valence-electron chi connectivity index (χ3n) is 2.70. The topological polar surface area (TPSA) is 49.3 Å². The molecule has 1 aromatic carbocycles. The van der Waals surface area contributed by atoms with E-state index in [9.17, 15) is 9.90 Å². The molecule has 0 saturated carbocycles. The Morgan fingerprint density at radius 1 is 1.33 bits per heavy atom. The third-order valence-corrected chi connectivity index (χ3v) is 3.40. The number of hydrogen-bond donors (Lipinski definition) is 2. The third kappa shape index (κ3) is 3.18. The van der Waals surface area contributed by atoms with E-state index in [-0.39, 0.29) is 12.5 Å². The van der Waals surface area contributed by atoms with Crippen LogP contribution in [-0.2, 0) is 0 Å². The van der Waals surface area contributed by atoms with Gasteiger partial charge in [0.25, 0.3) is 5.91 Å². The Morgan fingerprint density at radius 2 is 2.06 bits per heavy atom. The molecule has 0 aliphatic carbocycles. The number of hydrogen-bond acceptors (Lipinski definition) is 3. The van der Waals surface area contributed by atoms with Gasteiger partial charge in [0, 0.05) is 12.1 Å². The molecular weight excluding hydrogens is 246 g/mol. The molecule has 0 bridgehead atoms. The quantitative estimate of drug-likeness (QED) is 0.888. The Balaban J connectivity index is 1.90. The molecule has 0 saturated heterocycles. The highest BCUT2D eigenvalue weighted by atomic mass is 32.1. The van der Waals surface area contributed by atoms with Crippen molar-refractivity contribution < 1.29 is 9.90 Å². The van der Waals surface area contributed by atoms with Crippen LogP contribution in [0, 0.1) is 6.92 Å². The Morgan fingerprint density at radius 3 is 2.67 bits per heavy atom. The van der Waals surface area contributed by atoms with Gasteiger partial charge in [0.15, 0.2) is 0 Å². The molecular formula is C14H15NO2S. The SMILES string of the molecule is Cc1ccc(C(=O)NCC(O)c2ccsc2)cc1. The second kappa shape index (κ2) is 5.80. The van der Waals surface area contributed by atoms with Crippen LogP contribution in [0.25, 0.3) is 0 Å². The predicted molar refractivity (Wildman–Crippen MR) is 72.8 cm³/mol. The molecule has 3 nitrogen and oxygen atoms in total. The Kier molecular flexibility index (Phi) is 4.12. The number of aliphatic hydroxyl groups is 1. The van der Waals surface area contributed by atoms with Gasteiger partial charge in [0.1, 0.15) is 0 Å². The first kappa shape index (κ1) is 12.8. The van der Waals surface area contributed by atoms with Gasteiger partial charge in [0.2, 0.25) is 0 Å². The van der Waals surface area contributed by atoms with E-state index in [1.807, 2.05) is 35.9 Å². The number of carbonyl (C=O) groups is 1. The normalized spacial score (nSPS) is 12.1. The van der Waals surface area contributed by atoms with Gasteiger partial charge in [-0.15, -0.1) is 0 Å². The van der Waals surface area contributed by atoms with Crippen molar-refractivity contribution in [2.75, 3.05) is 6.54 Å². The maximum atomic E-state index is 11.8. The van der Waals surface area contributed by atoms with E-state index in [4.69, 9.17) is 0 Å². The van der Waals surface area contributed by atoms with Gasteiger partial charge in [0.05, 0.1) is 6.10 Å². The molecule has 0 spiro atoms. The summed E-state index contributed by atoms with van der Waals surface area (Å²) in [6.45, 7) is 2.20. The van der Waals surface area contributed by atoms with E-state index in [0.29, 0.717) is 5.56 Å². The summed E-state index contributed by atoms with van der Waals surface area (Å²) < 4.78 is 0. The maximum Gasteiger partial charge on any atom is 0.251 e. The highest BCUT2D eigenvalue weighted by molar-refractivity contribution is 7.07. The Labute approximate surface area is 110 Å². The zero-order valence-electron chi connectivity index (χ0n) is 10.1. The Hall–Kier alpha value is -1.65. The minimum absolute atomic E-state index is 0.163. The standard InChI is InChI=1S/C14H15NO2S/c1-10-2-4-11(5-3-10)14(17)15-8-13(16)12-6-7-18-9-12/h2-7,9,13,16H,8H2,1H3,(H,15,17). The van der Waals surface area contributed by atoms with Crippen molar-refractivity contribution in [1.82, 2.24) is 5.32 Å². The summed E-state index contributed by atoms with van der Waals surface area (Å²) in [6.07, 6.45) is -0.648. The lowest BCUT2D eigenvalue weighted by Gasteiger charge is -2.10. The van der Waals surface area contributed by atoms with Crippen LogP contribution in [0.1, 0.15) is 27.6 Å². The van der Waals surface area contributed by atoms with E-state index in [1.54, 1.807) is 12.1 Å². The molecule has 94 valence electrons. The molecule has 0 aliphatic heterocycles. The minimum Gasteiger partial charge on any atom is -0.387 e. The average Bonchev–Trinajstić information content (AvgIpc) is 2.90. The van der Waals surface area contributed by atoms with E-state index in [0.717, 1.165) is 11.1 Å². The molecule has 18 heavy (non-hydrogen) atoms. The molecule has 1 atom stereocenters. The summed E-state index contributed by atoms with van der Waals surface area (Å²) in [7, 11) is 0. The summed E-state index contributed by atoms with van der Waals surface area (Å²) in [5.74, 6) is -0.163. The molecule has 4 heteroatoms. The van der Waals surface area contributed by atoms with Crippen LogP contribution < -0.4 is 5.32 Å². The largest absolute Gasteiger partial charge is 0.387 e. The van der Waals surface area contributed by atoms with Crippen LogP contribution in [0.4, 0.5) is 0 Å². The smallest absolute Gasteiger partial charge is 0.251 e. The van der Waals surface area contributed by atoms with Crippen molar-refractivity contribution in [3.63, 3.8) is 0 Å². The molecule has 1 aromatic heterocycles. The van der Waals surface area contributed by atoms with Crippen molar-refractivity contribution >= 4 is 17.2 Å². The summed E-state index contributed by atoms with van der Waals surface area (Å²) in [4.78, 5) is 11.8. The molecule has 0 aliphatic rings. The first-order valence-electron chi connectivity index (χ1n) is 5.72. The monoisotopic (exact) mass is 261 g/mol. The minimum atomic E-state index is -0.648. The second-order valence-corrected chi connectivity index (χ2v) is 4.93. The van der Waals surface area contributed by atoms with Crippen molar-refractivity contribution in [2.45, 2.75) is 13.0 Å². The first-order chi connectivity index (χ1) is 8.66. The number of carbonyl (C=O) groups excluding carboxylic acids is 1. The average molecular weight is 261 g/mol. The number of thiophene rings is 1. The highest BCUT2D eigenvalue weighted by Gasteiger charge is 2.10. The predicted octanol–water partition coefficient (Wildman–Crippen LogP) is 2.52. The maximum absolute atomic E-state index is 11.8. The zero-order chi connectivity index (χ0) is 13.0. The van der Waals surface area contributed by atoms with E-state index < -0.39 is 6.10 Å². The van der Waals surface area contributed by atoms with Gasteiger partial charge in [-0.05, 0) is 41.4 Å². The summed E-state index contributed by atoms with van der Waals surface area (Å²) in [5, 5.41) is 16.3. The van der Waals surface area contributed by atoms with Gasteiger partial charge in [-0.1, -0.05) is 17.7 Å². The van der Waals surface area contributed by atoms with E-state index in [2.05, 4.69) is 5.32 Å². The molecule has 0 fully saturated rings. The van der Waals surface area contributed by atoms with Crippen LogP contribution in [0.2, 0.25) is 0 Å². The van der Waals surface area contributed by atoms with Crippen LogP contribution in [0.5, 0.6) is 0 Å². The number of benzene rings is 1. The summed E-state index contributed by atoms with van der Waals surface area (Å²) in [6, 6.07) is 9.20. The summed E-state index contributed by atoms with van der Waals surface area (Å²) in [5.41, 5.74) is 2.56. The van der Waals surface area contributed by atoms with Crippen molar-refractivity contribution in [3.8, 4) is 0 Å². The van der Waals surface area contributed by atoms with Crippen molar-refractivity contribution in [1.29, 1.82) is 0 Å². The first-order valence-corrected chi connectivity index (χ1v) is 6.66. The molecule has 0 radical (unpaired) electrons. The van der Waals surface area contributed by atoms with Gasteiger partial charge in [-0.25, -0.2) is 0 Å². The molecule has 2 N–H and O–H groups in total. The molecule has 1 heterocycles. The fourth-order valence-corrected chi connectivity index (χ4v) is 2.29. The zero-order valence-corrected chi connectivity index (χ0v) is 10.9. The van der Waals surface area contributed by atoms with Crippen LogP contribution in [0.15, 0.2) is 41.1 Å². The molecule has 2 rings (SSSR count). The van der Waals surface area contributed by atoms with Gasteiger partial charge in [-0.2, -0.15) is 11.3 Å². The number of amides is 1. The van der Waals surface area contributed by atoms with Crippen molar-refractivity contribution in [3.05, 3.63) is 57.8 Å². The second-order valence-electron chi connectivity index (χ2n) is 4.15. The highest BCUT2D eigenvalue weighted by Crippen LogP contribution is 2.15. The van der Waals surface area contributed by atoms with E-state index in [1.165, 1.54) is 11.3 Å². The lowest BCUT2D eigenvalue weighted by atomic mass is 10.1. The van der Waals surface area contributed by atoms with Gasteiger partial charge >= 0.3 is 0 Å². The van der Waals surface area contributed by atoms with Crippen LogP contribution >= 0.6 is 11.3 Å². The molecule has 2 aromatic rings. The van der Waals surface area contributed by atoms with Gasteiger partial charge < -0.3 is 10.4 Å². The van der Waals surface area contributed by atoms with Crippen LogP contribution in [0.3, 0.4) is 0 Å². The number of aliphatic hydroxyl groups excluding tert-OH is 1. The fourth-order valence-electron chi connectivity index (χ4n) is 1.58.